The average molecular weight is 331 g/mol. The first-order chi connectivity index (χ1) is 9.76. The quantitative estimate of drug-likeness (QED) is 0.615. The Labute approximate surface area is 128 Å². The van der Waals surface area contributed by atoms with Crippen molar-refractivity contribution in [3.8, 4) is 0 Å². The van der Waals surface area contributed by atoms with Gasteiger partial charge in [-0.3, -0.25) is 4.79 Å². The van der Waals surface area contributed by atoms with Crippen LogP contribution in [0, 0.1) is 5.92 Å². The van der Waals surface area contributed by atoms with E-state index in [9.17, 15) is 17.1 Å². The van der Waals surface area contributed by atoms with E-state index >= 15 is 0 Å². The standard InChI is InChI=1S/C14H18FNO3S2/c1-10(2)20-13-6-4-3-5-12(13)16-8-11(7-14(16)17)9-21(15,18)19/h3-6,10-11H,7-9H2,1-2H3. The number of halogens is 1. The number of nitrogens with zero attached hydrogens (tertiary/aromatic N) is 1. The highest BCUT2D eigenvalue weighted by atomic mass is 32.3. The third kappa shape index (κ3) is 4.44. The number of thioether (sulfide) groups is 1. The molecule has 0 aromatic heterocycles. The zero-order valence-electron chi connectivity index (χ0n) is 12.0. The number of carbonyl (C=O) groups excluding carboxylic acids is 1. The maximum absolute atomic E-state index is 12.8. The summed E-state index contributed by atoms with van der Waals surface area (Å²) in [6, 6.07) is 7.52. The Kier molecular flexibility index (Phi) is 4.93. The highest BCUT2D eigenvalue weighted by Gasteiger charge is 2.34. The summed E-state index contributed by atoms with van der Waals surface area (Å²) in [6.45, 7) is 4.37. The molecule has 1 unspecified atom stereocenters. The Morgan fingerprint density at radius 1 is 1.38 bits per heavy atom. The molecule has 0 N–H and O–H groups in total. The average Bonchev–Trinajstić information content (AvgIpc) is 2.67. The number of para-hydroxylation sites is 1. The van der Waals surface area contributed by atoms with Crippen LogP contribution in [0.4, 0.5) is 9.57 Å². The molecule has 2 rings (SSSR count). The summed E-state index contributed by atoms with van der Waals surface area (Å²) in [4.78, 5) is 14.7. The van der Waals surface area contributed by atoms with Crippen LogP contribution in [0.2, 0.25) is 0 Å². The van der Waals surface area contributed by atoms with Gasteiger partial charge in [-0.25, -0.2) is 0 Å². The molecule has 1 saturated heterocycles. The molecule has 7 heteroatoms. The van der Waals surface area contributed by atoms with E-state index in [1.807, 2.05) is 24.3 Å². The first kappa shape index (κ1) is 16.3. The van der Waals surface area contributed by atoms with Crippen LogP contribution < -0.4 is 4.90 Å². The molecule has 0 saturated carbocycles. The zero-order valence-corrected chi connectivity index (χ0v) is 13.6. The molecule has 0 aliphatic carbocycles. The molecule has 116 valence electrons. The molecule has 1 aliphatic rings. The smallest absolute Gasteiger partial charge is 0.302 e. The molecule has 0 bridgehead atoms. The van der Waals surface area contributed by atoms with Gasteiger partial charge in [-0.15, -0.1) is 15.6 Å². The van der Waals surface area contributed by atoms with E-state index in [1.165, 1.54) is 0 Å². The summed E-state index contributed by atoms with van der Waals surface area (Å²) in [6.07, 6.45) is 0.0732. The van der Waals surface area contributed by atoms with Crippen molar-refractivity contribution in [1.82, 2.24) is 0 Å². The maximum atomic E-state index is 12.8. The number of hydrogen-bond acceptors (Lipinski definition) is 4. The minimum Gasteiger partial charge on any atom is -0.311 e. The van der Waals surface area contributed by atoms with E-state index in [1.54, 1.807) is 16.7 Å². The first-order valence-electron chi connectivity index (χ1n) is 6.74. The second-order valence-electron chi connectivity index (χ2n) is 5.41. The van der Waals surface area contributed by atoms with Crippen LogP contribution in [-0.2, 0) is 15.0 Å². The van der Waals surface area contributed by atoms with Gasteiger partial charge in [0.05, 0.1) is 11.4 Å². The van der Waals surface area contributed by atoms with Gasteiger partial charge in [0.25, 0.3) is 0 Å². The molecule has 4 nitrogen and oxygen atoms in total. The van der Waals surface area contributed by atoms with Crippen LogP contribution in [0.5, 0.6) is 0 Å². The van der Waals surface area contributed by atoms with E-state index in [4.69, 9.17) is 0 Å². The van der Waals surface area contributed by atoms with Gasteiger partial charge in [-0.2, -0.15) is 8.42 Å². The fourth-order valence-corrected chi connectivity index (χ4v) is 4.19. The Morgan fingerprint density at radius 3 is 2.67 bits per heavy atom. The van der Waals surface area contributed by atoms with Gasteiger partial charge in [0.15, 0.2) is 0 Å². The summed E-state index contributed by atoms with van der Waals surface area (Å²) < 4.78 is 34.3. The monoisotopic (exact) mass is 331 g/mol. The van der Waals surface area contributed by atoms with Crippen molar-refractivity contribution in [1.29, 1.82) is 0 Å². The lowest BCUT2D eigenvalue weighted by Gasteiger charge is -2.20. The third-order valence-electron chi connectivity index (χ3n) is 3.16. The zero-order chi connectivity index (χ0) is 15.6. The number of benzene rings is 1. The lowest BCUT2D eigenvalue weighted by molar-refractivity contribution is -0.117. The van der Waals surface area contributed by atoms with Crippen molar-refractivity contribution in [2.45, 2.75) is 30.4 Å². The Hall–Kier alpha value is -1.08. The Balaban J connectivity index is 2.21. The van der Waals surface area contributed by atoms with Crippen LogP contribution in [0.3, 0.4) is 0 Å². The predicted octanol–water partition coefficient (Wildman–Crippen LogP) is 2.84. The van der Waals surface area contributed by atoms with Crippen LogP contribution in [-0.4, -0.2) is 31.9 Å². The second kappa shape index (κ2) is 6.36. The fourth-order valence-electron chi connectivity index (χ4n) is 2.44. The number of anilines is 1. The normalized spacial score (nSPS) is 19.5. The maximum Gasteiger partial charge on any atom is 0.302 e. The van der Waals surface area contributed by atoms with Crippen molar-refractivity contribution >= 4 is 33.6 Å². The Bertz CT molecular complexity index is 631. The van der Waals surface area contributed by atoms with Gasteiger partial charge in [-0.1, -0.05) is 26.0 Å². The molecular formula is C14H18FNO3S2. The van der Waals surface area contributed by atoms with E-state index < -0.39 is 21.9 Å². The summed E-state index contributed by atoms with van der Waals surface area (Å²) in [5.74, 6) is -1.22. The summed E-state index contributed by atoms with van der Waals surface area (Å²) in [5, 5.41) is 0.367. The molecule has 1 aromatic rings. The summed E-state index contributed by atoms with van der Waals surface area (Å²) in [5.41, 5.74) is 0.778. The predicted molar refractivity (Wildman–Crippen MR) is 82.8 cm³/mol. The SMILES string of the molecule is CC(C)Sc1ccccc1N1CC(CS(=O)(=O)F)CC1=O. The number of carbonyl (C=O) groups is 1. The van der Waals surface area contributed by atoms with Gasteiger partial charge in [0.2, 0.25) is 5.91 Å². The first-order valence-corrected chi connectivity index (χ1v) is 9.18. The fraction of sp³-hybridized carbons (Fsp3) is 0.500. The largest absolute Gasteiger partial charge is 0.311 e. The van der Waals surface area contributed by atoms with Crippen LogP contribution >= 0.6 is 11.8 Å². The molecule has 1 atom stereocenters. The number of hydrogen-bond donors (Lipinski definition) is 0. The van der Waals surface area contributed by atoms with Crippen LogP contribution in [0.1, 0.15) is 20.3 Å². The molecule has 0 spiro atoms. The molecule has 1 aliphatic heterocycles. The lowest BCUT2D eigenvalue weighted by atomic mass is 10.1. The number of amides is 1. The van der Waals surface area contributed by atoms with Crippen LogP contribution in [0.15, 0.2) is 29.2 Å². The lowest BCUT2D eigenvalue weighted by Crippen LogP contribution is -2.26. The summed E-state index contributed by atoms with van der Waals surface area (Å²) in [7, 11) is -4.55. The third-order valence-corrected chi connectivity index (χ3v) is 5.10. The molecule has 1 aromatic carbocycles. The van der Waals surface area contributed by atoms with E-state index in [0.717, 1.165) is 10.6 Å². The van der Waals surface area contributed by atoms with Crippen molar-refractivity contribution in [3.05, 3.63) is 24.3 Å². The Morgan fingerprint density at radius 2 is 2.05 bits per heavy atom. The topological polar surface area (TPSA) is 54.5 Å². The molecule has 21 heavy (non-hydrogen) atoms. The molecular weight excluding hydrogens is 313 g/mol. The van der Waals surface area contributed by atoms with Crippen molar-refractivity contribution in [3.63, 3.8) is 0 Å². The van der Waals surface area contributed by atoms with E-state index in [0.29, 0.717) is 5.25 Å². The molecule has 1 heterocycles. The van der Waals surface area contributed by atoms with Crippen LogP contribution in [0.25, 0.3) is 0 Å². The van der Waals surface area contributed by atoms with Gasteiger partial charge in [0, 0.05) is 29.0 Å². The number of rotatable bonds is 5. The highest BCUT2D eigenvalue weighted by Crippen LogP contribution is 2.36. The molecule has 1 fully saturated rings. The molecule has 1 amide bonds. The van der Waals surface area contributed by atoms with Crippen molar-refractivity contribution < 1.29 is 17.1 Å². The second-order valence-corrected chi connectivity index (χ2v) is 8.44. The van der Waals surface area contributed by atoms with E-state index in [2.05, 4.69) is 13.8 Å². The van der Waals surface area contributed by atoms with Gasteiger partial charge in [0.1, 0.15) is 0 Å². The van der Waals surface area contributed by atoms with Gasteiger partial charge in [-0.05, 0) is 12.1 Å². The highest BCUT2D eigenvalue weighted by molar-refractivity contribution is 8.00. The van der Waals surface area contributed by atoms with Crippen molar-refractivity contribution in [2.24, 2.45) is 5.92 Å². The van der Waals surface area contributed by atoms with E-state index in [-0.39, 0.29) is 18.9 Å². The minimum absolute atomic E-state index is 0.0732. The van der Waals surface area contributed by atoms with Gasteiger partial charge < -0.3 is 4.90 Å². The molecule has 0 radical (unpaired) electrons. The summed E-state index contributed by atoms with van der Waals surface area (Å²) >= 11 is 1.64. The minimum atomic E-state index is -4.55. The van der Waals surface area contributed by atoms with Gasteiger partial charge >= 0.3 is 10.2 Å². The van der Waals surface area contributed by atoms with Crippen molar-refractivity contribution in [2.75, 3.05) is 17.2 Å².